The number of hydrogen-bond donors (Lipinski definition) is 1. The molecule has 0 aliphatic carbocycles. The van der Waals surface area contributed by atoms with E-state index in [2.05, 4.69) is 39.9 Å². The normalized spacial score (nSPS) is 14.4. The zero-order valence-corrected chi connectivity index (χ0v) is 38.4. The Morgan fingerprint density at radius 1 is 0.536 bits per heavy atom. The Labute approximate surface area is 349 Å². The van der Waals surface area contributed by atoms with Gasteiger partial charge in [0.1, 0.15) is 11.7 Å². The summed E-state index contributed by atoms with van der Waals surface area (Å²) >= 11 is 0. The Morgan fingerprint density at radius 3 is 1.41 bits per heavy atom. The lowest BCUT2D eigenvalue weighted by Gasteiger charge is -2.29. The fraction of sp³-hybridized carbons (Fsp3) is 0.960. The van der Waals surface area contributed by atoms with Gasteiger partial charge in [-0.05, 0) is 90.9 Å². The molecule has 1 heterocycles. The predicted octanol–water partition coefficient (Wildman–Crippen LogP) is 15.1. The molecule has 0 radical (unpaired) electrons. The minimum absolute atomic E-state index is 0.0205. The zero-order valence-electron chi connectivity index (χ0n) is 38.4. The molecule has 6 nitrogen and oxygen atoms in total. The molecule has 0 aromatic carbocycles. The Hall–Kier alpha value is -1.14. The fourth-order valence-corrected chi connectivity index (χ4v) is 8.44. The summed E-state index contributed by atoms with van der Waals surface area (Å²) in [5.74, 6) is 0.0169. The van der Waals surface area contributed by atoms with Crippen LogP contribution < -0.4 is 5.32 Å². The summed E-state index contributed by atoms with van der Waals surface area (Å²) in [7, 11) is 0. The van der Waals surface area contributed by atoms with Crippen molar-refractivity contribution in [2.75, 3.05) is 13.2 Å². The first-order valence-electron chi connectivity index (χ1n) is 25.0. The Bertz CT molecular complexity index is 856. The summed E-state index contributed by atoms with van der Waals surface area (Å²) in [6, 6.07) is 1.16. The molecule has 1 unspecified atom stereocenters. The quantitative estimate of drug-likeness (QED) is 0.0491. The van der Waals surface area contributed by atoms with E-state index in [0.29, 0.717) is 24.9 Å². The fourth-order valence-electron chi connectivity index (χ4n) is 8.44. The van der Waals surface area contributed by atoms with Gasteiger partial charge in [-0.3, -0.25) is 9.59 Å². The highest BCUT2D eigenvalue weighted by molar-refractivity contribution is 5.70. The Kier molecular flexibility index (Phi) is 36.0. The number of nitrogens with one attached hydrogen (secondary N) is 1. The van der Waals surface area contributed by atoms with Crippen molar-refractivity contribution in [3.05, 3.63) is 0 Å². The highest BCUT2D eigenvalue weighted by atomic mass is 16.6. The topological polar surface area (TPSA) is 73.9 Å². The lowest BCUT2D eigenvalue weighted by Crippen LogP contribution is -2.41. The monoisotopic (exact) mass is 792 g/mol. The van der Waals surface area contributed by atoms with E-state index < -0.39 is 0 Å². The average molecular weight is 792 g/mol. The number of carbonyl (C=O) groups excluding carboxylic acids is 2. The van der Waals surface area contributed by atoms with Crippen LogP contribution in [-0.2, 0) is 23.8 Å². The summed E-state index contributed by atoms with van der Waals surface area (Å²) in [5.41, 5.74) is -0.342. The minimum atomic E-state index is -0.342. The zero-order chi connectivity index (χ0) is 40.8. The number of unbranched alkanes of at least 4 members (excludes halogenated alkanes) is 23. The molecule has 0 spiro atoms. The van der Waals surface area contributed by atoms with Gasteiger partial charge in [-0.1, -0.05) is 168 Å². The molecule has 0 aromatic heterocycles. The highest BCUT2D eigenvalue weighted by Gasteiger charge is 2.22. The summed E-state index contributed by atoms with van der Waals surface area (Å²) in [6.45, 7) is 12.7. The van der Waals surface area contributed by atoms with E-state index in [4.69, 9.17) is 14.2 Å². The smallest absolute Gasteiger partial charge is 0.306 e. The maximum Gasteiger partial charge on any atom is 0.306 e. The van der Waals surface area contributed by atoms with Gasteiger partial charge in [0.25, 0.3) is 0 Å². The summed E-state index contributed by atoms with van der Waals surface area (Å²) in [6.07, 6.45) is 43.6. The van der Waals surface area contributed by atoms with Crippen LogP contribution in [0.15, 0.2) is 0 Å². The van der Waals surface area contributed by atoms with Crippen molar-refractivity contribution in [1.29, 1.82) is 0 Å². The third-order valence-electron chi connectivity index (χ3n) is 12.1. The van der Waals surface area contributed by atoms with Crippen LogP contribution in [0.2, 0.25) is 0 Å². The molecule has 1 atom stereocenters. The molecule has 6 heteroatoms. The van der Waals surface area contributed by atoms with Crippen LogP contribution in [0, 0.1) is 0 Å². The number of esters is 2. The van der Waals surface area contributed by atoms with E-state index in [-0.39, 0.29) is 23.6 Å². The van der Waals surface area contributed by atoms with Crippen LogP contribution in [0.4, 0.5) is 0 Å². The summed E-state index contributed by atoms with van der Waals surface area (Å²) in [4.78, 5) is 25.4. The first-order chi connectivity index (χ1) is 27.3. The van der Waals surface area contributed by atoms with Crippen LogP contribution >= 0.6 is 0 Å². The SMILES string of the molecule is CCCCCCCCC(CCCCCCCC)OC(=O)CCCCCCCC(CCCCCCCC(=O)OC(C)(C)CCCCCCCC)NC1CCOCC1. The first kappa shape index (κ1) is 52.9. The Balaban J connectivity index is 2.28. The third-order valence-corrected chi connectivity index (χ3v) is 12.1. The third kappa shape index (κ3) is 33.8. The molecule has 1 saturated heterocycles. The second kappa shape index (κ2) is 38.1. The van der Waals surface area contributed by atoms with Crippen molar-refractivity contribution >= 4 is 11.9 Å². The van der Waals surface area contributed by atoms with E-state index in [1.54, 1.807) is 0 Å². The number of hydrogen-bond acceptors (Lipinski definition) is 6. The van der Waals surface area contributed by atoms with Crippen LogP contribution in [0.5, 0.6) is 0 Å². The maximum absolute atomic E-state index is 12.8. The molecule has 0 aromatic rings. The van der Waals surface area contributed by atoms with Gasteiger partial charge in [-0.2, -0.15) is 0 Å². The van der Waals surface area contributed by atoms with Crippen LogP contribution in [-0.4, -0.2) is 48.9 Å². The van der Waals surface area contributed by atoms with Crippen molar-refractivity contribution in [1.82, 2.24) is 5.32 Å². The second-order valence-electron chi connectivity index (χ2n) is 18.3. The molecule has 1 fully saturated rings. The van der Waals surface area contributed by atoms with Gasteiger partial charge in [0, 0.05) is 38.1 Å². The van der Waals surface area contributed by atoms with Crippen molar-refractivity contribution in [3.63, 3.8) is 0 Å². The molecule has 1 N–H and O–H groups in total. The van der Waals surface area contributed by atoms with E-state index in [0.717, 1.165) is 77.4 Å². The lowest BCUT2D eigenvalue weighted by molar-refractivity contribution is -0.157. The summed E-state index contributed by atoms with van der Waals surface area (Å²) < 4.78 is 17.6. The van der Waals surface area contributed by atoms with Gasteiger partial charge < -0.3 is 19.5 Å². The highest BCUT2D eigenvalue weighted by Crippen LogP contribution is 2.22. The molecule has 1 rings (SSSR count). The van der Waals surface area contributed by atoms with Crippen molar-refractivity contribution < 1.29 is 23.8 Å². The van der Waals surface area contributed by atoms with Crippen molar-refractivity contribution in [3.8, 4) is 0 Å². The molecular weight excluding hydrogens is 695 g/mol. The number of rotatable bonds is 41. The predicted molar refractivity (Wildman–Crippen MR) is 239 cm³/mol. The summed E-state index contributed by atoms with van der Waals surface area (Å²) in [5, 5.41) is 4.01. The molecule has 0 saturated carbocycles. The Morgan fingerprint density at radius 2 is 0.929 bits per heavy atom. The number of ether oxygens (including phenoxy) is 3. The van der Waals surface area contributed by atoms with Gasteiger partial charge in [0.15, 0.2) is 0 Å². The molecular formula is C50H97NO5. The van der Waals surface area contributed by atoms with Crippen molar-refractivity contribution in [2.24, 2.45) is 0 Å². The van der Waals surface area contributed by atoms with E-state index in [9.17, 15) is 9.59 Å². The van der Waals surface area contributed by atoms with Crippen LogP contribution in [0.25, 0.3) is 0 Å². The van der Waals surface area contributed by atoms with Gasteiger partial charge in [0.05, 0.1) is 0 Å². The molecule has 1 aliphatic rings. The van der Waals surface area contributed by atoms with Gasteiger partial charge in [-0.25, -0.2) is 0 Å². The first-order valence-corrected chi connectivity index (χ1v) is 25.0. The minimum Gasteiger partial charge on any atom is -0.462 e. The van der Waals surface area contributed by atoms with Crippen LogP contribution in [0.1, 0.15) is 272 Å². The molecule has 56 heavy (non-hydrogen) atoms. The molecule has 0 bridgehead atoms. The van der Waals surface area contributed by atoms with E-state index in [1.165, 1.54) is 161 Å². The van der Waals surface area contributed by atoms with Gasteiger partial charge >= 0.3 is 11.9 Å². The van der Waals surface area contributed by atoms with Crippen LogP contribution in [0.3, 0.4) is 0 Å². The largest absolute Gasteiger partial charge is 0.462 e. The second-order valence-corrected chi connectivity index (χ2v) is 18.3. The van der Waals surface area contributed by atoms with Gasteiger partial charge in [-0.15, -0.1) is 0 Å². The van der Waals surface area contributed by atoms with E-state index in [1.807, 2.05) is 0 Å². The average Bonchev–Trinajstić information content (AvgIpc) is 3.18. The number of carbonyl (C=O) groups is 2. The standard InChI is InChI=1S/C50H97NO5/c1-6-9-12-15-22-29-36-47(37-30-23-16-13-10-7-2)55-48(52)38-31-24-18-20-27-34-45(51-46-40-43-54-44-41-46)35-28-21-19-25-32-39-49(53)56-50(4,5)42-33-26-17-14-11-8-3/h45-47,51H,6-44H2,1-5H3. The maximum atomic E-state index is 12.8. The molecule has 0 amide bonds. The van der Waals surface area contributed by atoms with Crippen molar-refractivity contribution in [2.45, 2.75) is 296 Å². The van der Waals surface area contributed by atoms with Gasteiger partial charge in [0.2, 0.25) is 0 Å². The molecule has 332 valence electrons. The lowest BCUT2D eigenvalue weighted by atomic mass is 9.98. The molecule has 1 aliphatic heterocycles. The van der Waals surface area contributed by atoms with E-state index >= 15 is 0 Å².